The number of esters is 1. The fraction of sp³-hybridized carbons (Fsp3) is 0.333. The van der Waals surface area contributed by atoms with E-state index in [1.165, 1.54) is 0 Å². The summed E-state index contributed by atoms with van der Waals surface area (Å²) in [5, 5.41) is 0. The van der Waals surface area contributed by atoms with Crippen LogP contribution >= 0.6 is 0 Å². The number of aryl methyl sites for hydroxylation is 2. The highest BCUT2D eigenvalue weighted by molar-refractivity contribution is 5.92. The van der Waals surface area contributed by atoms with Crippen molar-refractivity contribution in [2.75, 3.05) is 13.6 Å². The average Bonchev–Trinajstić information content (AvgIpc) is 2.65. The number of aliphatic imine (C=N–C) groups is 1. The number of benzene rings is 2. The molecule has 2 aromatic carbocycles. The maximum atomic E-state index is 14.1. The number of rotatable bonds is 6. The van der Waals surface area contributed by atoms with Gasteiger partial charge in [0.25, 0.3) is 0 Å². The molecule has 0 saturated carbocycles. The van der Waals surface area contributed by atoms with Crippen molar-refractivity contribution in [1.82, 2.24) is 4.90 Å². The Bertz CT molecular complexity index is 924. The van der Waals surface area contributed by atoms with Gasteiger partial charge in [-0.25, -0.2) is 14.2 Å². The zero-order valence-electron chi connectivity index (χ0n) is 16.6. The molecule has 0 N–H and O–H groups in total. The number of hydrogen-bond acceptors (Lipinski definition) is 3. The van der Waals surface area contributed by atoms with E-state index in [0.717, 1.165) is 24.2 Å². The van der Waals surface area contributed by atoms with Gasteiger partial charge in [0, 0.05) is 19.2 Å². The average molecular weight is 410 g/mol. The minimum atomic E-state index is -4.82. The van der Waals surface area contributed by atoms with Crippen LogP contribution in [0.15, 0.2) is 35.3 Å². The van der Waals surface area contributed by atoms with Crippen LogP contribution in [0.5, 0.6) is 0 Å². The van der Waals surface area contributed by atoms with E-state index in [0.29, 0.717) is 17.3 Å². The molecule has 156 valence electrons. The number of halogens is 4. The lowest BCUT2D eigenvalue weighted by Gasteiger charge is -2.13. The molecule has 0 aliphatic rings. The molecule has 2 aromatic rings. The van der Waals surface area contributed by atoms with E-state index in [1.54, 1.807) is 32.3 Å². The van der Waals surface area contributed by atoms with Crippen LogP contribution in [0, 0.1) is 19.7 Å². The van der Waals surface area contributed by atoms with Gasteiger partial charge in [0.05, 0.1) is 23.2 Å². The Morgan fingerprint density at radius 3 is 2.52 bits per heavy atom. The molecule has 0 saturated heterocycles. The number of ether oxygens (including phenoxy) is 1. The lowest BCUT2D eigenvalue weighted by molar-refractivity contribution is -0.140. The van der Waals surface area contributed by atoms with Crippen molar-refractivity contribution >= 4 is 18.0 Å². The van der Waals surface area contributed by atoms with Gasteiger partial charge >= 0.3 is 12.1 Å². The Balaban J connectivity index is 2.18. The van der Waals surface area contributed by atoms with Crippen molar-refractivity contribution < 1.29 is 27.1 Å². The van der Waals surface area contributed by atoms with Crippen molar-refractivity contribution in [3.05, 3.63) is 64.0 Å². The second-order valence-corrected chi connectivity index (χ2v) is 6.62. The van der Waals surface area contributed by atoms with Gasteiger partial charge in [-0.1, -0.05) is 12.1 Å². The van der Waals surface area contributed by atoms with Crippen LogP contribution in [0.3, 0.4) is 0 Å². The van der Waals surface area contributed by atoms with Gasteiger partial charge in [0.1, 0.15) is 12.4 Å². The van der Waals surface area contributed by atoms with Gasteiger partial charge < -0.3 is 9.64 Å². The summed E-state index contributed by atoms with van der Waals surface area (Å²) in [5.41, 5.74) is 0.523. The third-order valence-electron chi connectivity index (χ3n) is 4.40. The first-order valence-electron chi connectivity index (χ1n) is 8.92. The van der Waals surface area contributed by atoms with Gasteiger partial charge in [0.15, 0.2) is 0 Å². The first-order chi connectivity index (χ1) is 13.5. The van der Waals surface area contributed by atoms with Crippen molar-refractivity contribution in [2.45, 2.75) is 33.6 Å². The molecular weight excluding hydrogens is 388 g/mol. The predicted molar refractivity (Wildman–Crippen MR) is 103 cm³/mol. The molecule has 0 radical (unpaired) electrons. The minimum absolute atomic E-state index is 0.248. The van der Waals surface area contributed by atoms with Gasteiger partial charge in [-0.3, -0.25) is 0 Å². The molecule has 2 rings (SSSR count). The van der Waals surface area contributed by atoms with Crippen LogP contribution in [0.2, 0.25) is 0 Å². The van der Waals surface area contributed by atoms with E-state index < -0.39 is 30.1 Å². The monoisotopic (exact) mass is 410 g/mol. The zero-order valence-corrected chi connectivity index (χ0v) is 16.6. The van der Waals surface area contributed by atoms with E-state index in [9.17, 15) is 22.4 Å². The third-order valence-corrected chi connectivity index (χ3v) is 4.40. The molecule has 8 heteroatoms. The second kappa shape index (κ2) is 9.07. The lowest BCUT2D eigenvalue weighted by atomic mass is 10.0. The van der Waals surface area contributed by atoms with Crippen LogP contribution in [-0.2, 0) is 17.5 Å². The number of carbonyl (C=O) groups is 1. The molecule has 29 heavy (non-hydrogen) atoms. The highest BCUT2D eigenvalue weighted by atomic mass is 19.4. The highest BCUT2D eigenvalue weighted by Gasteiger charge is 2.34. The fourth-order valence-electron chi connectivity index (χ4n) is 2.53. The molecule has 0 aromatic heterocycles. The maximum absolute atomic E-state index is 14.1. The molecule has 0 spiro atoms. The summed E-state index contributed by atoms with van der Waals surface area (Å²) >= 11 is 0. The molecule has 0 fully saturated rings. The van der Waals surface area contributed by atoms with Crippen LogP contribution in [0.25, 0.3) is 0 Å². The standard InChI is InChI=1S/C21H22F4N2O2/c1-5-27(4)12-26-18-10-13(2)16(9-14(18)3)20(28)29-11-15-7-6-8-17(19(15)22)21(23,24)25/h6-10,12H,5,11H2,1-4H3/b26-12+. The van der Waals surface area contributed by atoms with Crippen molar-refractivity contribution in [2.24, 2.45) is 4.99 Å². The topological polar surface area (TPSA) is 41.9 Å². The Labute approximate surface area is 166 Å². The SMILES string of the molecule is CCN(C)/C=N/c1cc(C)c(C(=O)OCc2cccc(C(F)(F)F)c2F)cc1C. The molecular formula is C21H22F4N2O2. The minimum Gasteiger partial charge on any atom is -0.457 e. The summed E-state index contributed by atoms with van der Waals surface area (Å²) in [4.78, 5) is 18.7. The summed E-state index contributed by atoms with van der Waals surface area (Å²) in [6.07, 6.45) is -3.14. The first-order valence-corrected chi connectivity index (χ1v) is 8.92. The van der Waals surface area contributed by atoms with E-state index >= 15 is 0 Å². The van der Waals surface area contributed by atoms with E-state index in [4.69, 9.17) is 4.74 Å². The molecule has 0 unspecified atom stereocenters. The van der Waals surface area contributed by atoms with Gasteiger partial charge in [-0.05, 0) is 50.1 Å². The largest absolute Gasteiger partial charge is 0.457 e. The first kappa shape index (κ1) is 22.4. The zero-order chi connectivity index (χ0) is 21.8. The Kier molecular flexibility index (Phi) is 7.00. The molecule has 4 nitrogen and oxygen atoms in total. The summed E-state index contributed by atoms with van der Waals surface area (Å²) < 4.78 is 57.5. The van der Waals surface area contributed by atoms with Crippen LogP contribution in [-0.4, -0.2) is 30.8 Å². The summed E-state index contributed by atoms with van der Waals surface area (Å²) in [6, 6.07) is 6.18. The maximum Gasteiger partial charge on any atom is 0.419 e. The molecule has 0 amide bonds. The molecule has 0 atom stereocenters. The van der Waals surface area contributed by atoms with Crippen LogP contribution in [0.4, 0.5) is 23.2 Å². The number of carbonyl (C=O) groups excluding carboxylic acids is 1. The van der Waals surface area contributed by atoms with Crippen LogP contribution < -0.4 is 0 Å². The number of hydrogen-bond donors (Lipinski definition) is 0. The van der Waals surface area contributed by atoms with Crippen molar-refractivity contribution in [1.29, 1.82) is 0 Å². The summed E-state index contributed by atoms with van der Waals surface area (Å²) in [5.74, 6) is -2.19. The van der Waals surface area contributed by atoms with E-state index in [-0.39, 0.29) is 11.1 Å². The highest BCUT2D eigenvalue weighted by Crippen LogP contribution is 2.32. The van der Waals surface area contributed by atoms with E-state index in [2.05, 4.69) is 4.99 Å². The quantitative estimate of drug-likeness (QED) is 0.276. The Morgan fingerprint density at radius 2 is 1.90 bits per heavy atom. The van der Waals surface area contributed by atoms with Gasteiger partial charge in [-0.15, -0.1) is 0 Å². The molecule has 0 heterocycles. The van der Waals surface area contributed by atoms with Crippen molar-refractivity contribution in [3.63, 3.8) is 0 Å². The van der Waals surface area contributed by atoms with Gasteiger partial charge in [0.2, 0.25) is 0 Å². The van der Waals surface area contributed by atoms with E-state index in [1.807, 2.05) is 18.9 Å². The van der Waals surface area contributed by atoms with Crippen molar-refractivity contribution in [3.8, 4) is 0 Å². The van der Waals surface area contributed by atoms with Gasteiger partial charge in [-0.2, -0.15) is 13.2 Å². The summed E-state index contributed by atoms with van der Waals surface area (Å²) in [7, 11) is 1.88. The molecule has 0 aliphatic carbocycles. The lowest BCUT2D eigenvalue weighted by Crippen LogP contribution is -2.14. The summed E-state index contributed by atoms with van der Waals surface area (Å²) in [6.45, 7) is 5.65. The smallest absolute Gasteiger partial charge is 0.419 e. The van der Waals surface area contributed by atoms with Crippen LogP contribution in [0.1, 0.15) is 39.5 Å². The second-order valence-electron chi connectivity index (χ2n) is 6.62. The predicted octanol–water partition coefficient (Wildman–Crippen LogP) is 5.43. The number of alkyl halides is 3. The normalized spacial score (nSPS) is 11.7. The molecule has 0 aliphatic heterocycles. The Morgan fingerprint density at radius 1 is 1.21 bits per heavy atom. The molecule has 0 bridgehead atoms. The number of nitrogens with zero attached hydrogens (tertiary/aromatic N) is 2. The Hall–Kier alpha value is -2.90. The third kappa shape index (κ3) is 5.56. The fourth-order valence-corrected chi connectivity index (χ4v) is 2.53.